The van der Waals surface area contributed by atoms with E-state index in [2.05, 4.69) is 0 Å². The van der Waals surface area contributed by atoms with Crippen molar-refractivity contribution in [1.29, 1.82) is 0 Å². The highest BCUT2D eigenvalue weighted by Crippen LogP contribution is 2.54. The Hall–Kier alpha value is -1.70. The van der Waals surface area contributed by atoms with Gasteiger partial charge in [-0.3, -0.25) is 10.0 Å². The van der Waals surface area contributed by atoms with Crippen LogP contribution in [0.3, 0.4) is 0 Å². The molecule has 27 heavy (non-hydrogen) atoms. The van der Waals surface area contributed by atoms with Gasteiger partial charge in [0.25, 0.3) is 0 Å². The normalized spacial score (nSPS) is 30.1. The minimum absolute atomic E-state index is 0.0848. The van der Waals surface area contributed by atoms with Crippen molar-refractivity contribution < 1.29 is 18.4 Å². The number of carbonyl (C=O) groups is 1. The van der Waals surface area contributed by atoms with Crippen LogP contribution in [0, 0.1) is 11.8 Å². The second-order valence-electron chi connectivity index (χ2n) is 7.80. The lowest BCUT2D eigenvalue weighted by Gasteiger charge is -2.36. The molecular weight excluding hydrogens is 364 g/mol. The molecule has 2 aliphatic carbocycles. The second kappa shape index (κ2) is 8.12. The zero-order chi connectivity index (χ0) is 19.5. The largest absolute Gasteiger partial charge is 0.325 e. The number of hydrogen-bond acceptors (Lipinski definition) is 5. The Morgan fingerprint density at radius 1 is 1.30 bits per heavy atom. The number of nitrogens with two attached hydrogens (primary N) is 1. The van der Waals surface area contributed by atoms with E-state index in [0.717, 1.165) is 19.3 Å². The molecule has 0 radical (unpaired) electrons. The molecule has 7 heteroatoms. The first-order chi connectivity index (χ1) is 12.9. The fraction of sp³-hybridized carbons (Fsp3) is 0.550. The number of sulfone groups is 1. The molecule has 148 valence electrons. The van der Waals surface area contributed by atoms with E-state index in [-0.39, 0.29) is 18.3 Å². The minimum atomic E-state index is -3.41. The summed E-state index contributed by atoms with van der Waals surface area (Å²) in [7, 11) is -3.41. The molecule has 2 saturated carbocycles. The number of allylic oxidation sites excluding steroid dienone is 2. The quantitative estimate of drug-likeness (QED) is 0.273. The summed E-state index contributed by atoms with van der Waals surface area (Å²) in [6.45, 7) is 0. The third-order valence-corrected chi connectivity index (χ3v) is 8.47. The first-order valence-corrected chi connectivity index (χ1v) is 11.1. The van der Waals surface area contributed by atoms with Crippen molar-refractivity contribution in [2.45, 2.75) is 60.6 Å². The van der Waals surface area contributed by atoms with Crippen molar-refractivity contribution in [1.82, 2.24) is 5.48 Å². The molecule has 4 N–H and O–H groups in total. The van der Waals surface area contributed by atoms with Gasteiger partial charge in [0.05, 0.1) is 10.1 Å². The molecule has 0 heterocycles. The van der Waals surface area contributed by atoms with Gasteiger partial charge in [-0.15, -0.1) is 0 Å². The van der Waals surface area contributed by atoms with Crippen molar-refractivity contribution in [3.63, 3.8) is 0 Å². The predicted octanol–water partition coefficient (Wildman–Crippen LogP) is 2.58. The summed E-state index contributed by atoms with van der Waals surface area (Å²) in [6, 6.07) is 8.68. The average Bonchev–Trinajstić information content (AvgIpc) is 3.18. The first-order valence-electron chi connectivity index (χ1n) is 9.54. The Morgan fingerprint density at radius 3 is 2.74 bits per heavy atom. The SMILES string of the molecule is N[C@]12CC[C@@H](C1)[C@H](S(=O)(=O)c1ccccc1)[C@H]2CC=CCCCC(=O)NO. The van der Waals surface area contributed by atoms with E-state index >= 15 is 0 Å². The average molecular weight is 393 g/mol. The van der Waals surface area contributed by atoms with Crippen LogP contribution in [0.4, 0.5) is 0 Å². The summed E-state index contributed by atoms with van der Waals surface area (Å²) in [5.41, 5.74) is 7.84. The van der Waals surface area contributed by atoms with Gasteiger partial charge in [0, 0.05) is 12.0 Å². The number of benzene rings is 1. The number of fused-ring (bicyclic) bond motifs is 2. The molecule has 0 spiro atoms. The Morgan fingerprint density at radius 2 is 2.04 bits per heavy atom. The first kappa shape index (κ1) is 20.0. The van der Waals surface area contributed by atoms with Crippen LogP contribution < -0.4 is 11.2 Å². The lowest BCUT2D eigenvalue weighted by atomic mass is 9.80. The van der Waals surface area contributed by atoms with Crippen LogP contribution in [-0.2, 0) is 14.6 Å². The van der Waals surface area contributed by atoms with Gasteiger partial charge in [0.1, 0.15) is 0 Å². The zero-order valence-electron chi connectivity index (χ0n) is 15.4. The molecule has 0 aromatic heterocycles. The van der Waals surface area contributed by atoms with E-state index < -0.39 is 26.5 Å². The summed E-state index contributed by atoms with van der Waals surface area (Å²) in [4.78, 5) is 11.4. The van der Waals surface area contributed by atoms with Crippen molar-refractivity contribution in [2.75, 3.05) is 0 Å². The fourth-order valence-electron chi connectivity index (χ4n) is 4.82. The van der Waals surface area contributed by atoms with Gasteiger partial charge in [0.2, 0.25) is 5.91 Å². The van der Waals surface area contributed by atoms with Crippen LogP contribution in [0.15, 0.2) is 47.4 Å². The Bertz CT molecular complexity index is 793. The van der Waals surface area contributed by atoms with E-state index in [1.54, 1.807) is 29.7 Å². The number of nitrogens with one attached hydrogen (secondary N) is 1. The third kappa shape index (κ3) is 4.10. The highest BCUT2D eigenvalue weighted by Gasteiger charge is 2.59. The molecule has 4 atom stereocenters. The molecule has 1 amide bonds. The van der Waals surface area contributed by atoms with Gasteiger partial charge in [-0.25, -0.2) is 13.9 Å². The lowest BCUT2D eigenvalue weighted by Crippen LogP contribution is -2.48. The van der Waals surface area contributed by atoms with Crippen LogP contribution >= 0.6 is 0 Å². The smallest absolute Gasteiger partial charge is 0.243 e. The van der Waals surface area contributed by atoms with Crippen LogP contribution in [0.25, 0.3) is 0 Å². The van der Waals surface area contributed by atoms with Crippen LogP contribution in [0.1, 0.15) is 44.9 Å². The maximum Gasteiger partial charge on any atom is 0.243 e. The summed E-state index contributed by atoms with van der Waals surface area (Å²) < 4.78 is 26.5. The minimum Gasteiger partial charge on any atom is -0.325 e. The highest BCUT2D eigenvalue weighted by atomic mass is 32.2. The number of hydrogen-bond donors (Lipinski definition) is 3. The van der Waals surface area contributed by atoms with E-state index in [1.165, 1.54) is 0 Å². The summed E-state index contributed by atoms with van der Waals surface area (Å²) in [5.74, 6) is -0.350. The number of carbonyl (C=O) groups excluding carboxylic acids is 1. The molecule has 0 aliphatic heterocycles. The zero-order valence-corrected chi connectivity index (χ0v) is 16.2. The number of unbranched alkanes of at least 4 members (excludes halogenated alkanes) is 1. The number of amides is 1. The number of rotatable bonds is 8. The van der Waals surface area contributed by atoms with Gasteiger partial charge in [-0.2, -0.15) is 0 Å². The lowest BCUT2D eigenvalue weighted by molar-refractivity contribution is -0.129. The van der Waals surface area contributed by atoms with E-state index in [1.807, 2.05) is 18.2 Å². The van der Waals surface area contributed by atoms with E-state index in [4.69, 9.17) is 10.9 Å². The van der Waals surface area contributed by atoms with Gasteiger partial charge in [-0.05, 0) is 62.5 Å². The van der Waals surface area contributed by atoms with Gasteiger partial charge < -0.3 is 5.73 Å². The Balaban J connectivity index is 1.70. The van der Waals surface area contributed by atoms with Crippen molar-refractivity contribution in [3.05, 3.63) is 42.5 Å². The highest BCUT2D eigenvalue weighted by molar-refractivity contribution is 7.92. The predicted molar refractivity (Wildman–Crippen MR) is 103 cm³/mol. The molecule has 0 unspecified atom stereocenters. The molecule has 3 rings (SSSR count). The molecule has 1 aromatic carbocycles. The maximum absolute atomic E-state index is 13.3. The van der Waals surface area contributed by atoms with E-state index in [0.29, 0.717) is 24.2 Å². The molecular formula is C20H28N2O4S. The standard InChI is InChI=1S/C20H28N2O4S/c21-20-13-12-15(14-20)19(27(25,26)16-8-4-3-5-9-16)17(20)10-6-1-2-7-11-18(23)22-24/h1,3-6,8-9,15,17,19,24H,2,7,10-14,21H2,(H,22,23)/t15-,17+,19-,20+/m0/s1. The topological polar surface area (TPSA) is 109 Å². The molecule has 2 fully saturated rings. The number of hydroxylamine groups is 1. The van der Waals surface area contributed by atoms with Crippen molar-refractivity contribution >= 4 is 15.7 Å². The fourth-order valence-corrected chi connectivity index (χ4v) is 7.23. The second-order valence-corrected chi connectivity index (χ2v) is 9.91. The molecule has 2 aliphatic rings. The van der Waals surface area contributed by atoms with Crippen LogP contribution in [-0.4, -0.2) is 30.3 Å². The van der Waals surface area contributed by atoms with E-state index in [9.17, 15) is 13.2 Å². The molecule has 2 bridgehead atoms. The Kier molecular flexibility index (Phi) is 6.03. The van der Waals surface area contributed by atoms with Gasteiger partial charge in [-0.1, -0.05) is 30.4 Å². The van der Waals surface area contributed by atoms with Gasteiger partial charge in [0.15, 0.2) is 9.84 Å². The van der Waals surface area contributed by atoms with Gasteiger partial charge >= 0.3 is 0 Å². The van der Waals surface area contributed by atoms with Crippen molar-refractivity contribution in [3.8, 4) is 0 Å². The summed E-state index contributed by atoms with van der Waals surface area (Å²) in [5, 5.41) is 8.05. The maximum atomic E-state index is 13.3. The van der Waals surface area contributed by atoms with Crippen molar-refractivity contribution in [2.24, 2.45) is 17.6 Å². The Labute approximate surface area is 160 Å². The summed E-state index contributed by atoms with van der Waals surface area (Å²) >= 11 is 0. The van der Waals surface area contributed by atoms with Crippen LogP contribution in [0.2, 0.25) is 0 Å². The van der Waals surface area contributed by atoms with Crippen LogP contribution in [0.5, 0.6) is 0 Å². The molecule has 1 aromatic rings. The molecule has 0 saturated heterocycles. The summed E-state index contributed by atoms with van der Waals surface area (Å²) in [6.07, 6.45) is 8.76. The third-order valence-electron chi connectivity index (χ3n) is 6.11. The monoisotopic (exact) mass is 392 g/mol. The molecule has 6 nitrogen and oxygen atoms in total.